The highest BCUT2D eigenvalue weighted by Gasteiger charge is 2.14. The van der Waals surface area contributed by atoms with Gasteiger partial charge in [-0.25, -0.2) is 9.37 Å². The average Bonchev–Trinajstić information content (AvgIpc) is 3.13. The van der Waals surface area contributed by atoms with Gasteiger partial charge in [-0.2, -0.15) is 0 Å². The van der Waals surface area contributed by atoms with Gasteiger partial charge in [0.1, 0.15) is 5.82 Å². The van der Waals surface area contributed by atoms with E-state index in [1.54, 1.807) is 12.3 Å². The SMILES string of the molecule is Fc1ccc(Cl)cc1-c1cc(-n2ccc3cnccc32)c2ccccc2n1. The van der Waals surface area contributed by atoms with Gasteiger partial charge in [0.25, 0.3) is 0 Å². The van der Waals surface area contributed by atoms with Crippen LogP contribution < -0.4 is 0 Å². The van der Waals surface area contributed by atoms with Crippen molar-refractivity contribution in [2.24, 2.45) is 0 Å². The second-order valence-electron chi connectivity index (χ2n) is 6.29. The second-order valence-corrected chi connectivity index (χ2v) is 6.72. The van der Waals surface area contributed by atoms with Crippen molar-refractivity contribution in [2.75, 3.05) is 0 Å². The molecule has 130 valence electrons. The molecule has 27 heavy (non-hydrogen) atoms. The molecule has 3 heterocycles. The third-order valence-corrected chi connectivity index (χ3v) is 4.88. The summed E-state index contributed by atoms with van der Waals surface area (Å²) in [5.74, 6) is -0.352. The van der Waals surface area contributed by atoms with Gasteiger partial charge in [-0.15, -0.1) is 0 Å². The summed E-state index contributed by atoms with van der Waals surface area (Å²) in [6.07, 6.45) is 5.58. The summed E-state index contributed by atoms with van der Waals surface area (Å²) >= 11 is 6.10. The first-order chi connectivity index (χ1) is 13.2. The molecule has 0 unspecified atom stereocenters. The number of rotatable bonds is 2. The van der Waals surface area contributed by atoms with Crippen molar-refractivity contribution in [3.63, 3.8) is 0 Å². The molecule has 0 saturated carbocycles. The molecule has 0 spiro atoms. The van der Waals surface area contributed by atoms with E-state index in [4.69, 9.17) is 11.6 Å². The monoisotopic (exact) mass is 373 g/mol. The van der Waals surface area contributed by atoms with E-state index in [-0.39, 0.29) is 5.82 Å². The lowest BCUT2D eigenvalue weighted by atomic mass is 10.1. The quantitative estimate of drug-likeness (QED) is 0.378. The zero-order chi connectivity index (χ0) is 18.4. The second kappa shape index (κ2) is 6.18. The Morgan fingerprint density at radius 2 is 1.85 bits per heavy atom. The number of halogens is 2. The van der Waals surface area contributed by atoms with Crippen LogP contribution in [0.15, 0.2) is 79.3 Å². The van der Waals surface area contributed by atoms with E-state index < -0.39 is 0 Å². The summed E-state index contributed by atoms with van der Waals surface area (Å²) in [4.78, 5) is 8.85. The van der Waals surface area contributed by atoms with Crippen molar-refractivity contribution in [3.8, 4) is 16.9 Å². The van der Waals surface area contributed by atoms with E-state index in [1.807, 2.05) is 54.9 Å². The van der Waals surface area contributed by atoms with Gasteiger partial charge >= 0.3 is 0 Å². The molecule has 0 aliphatic carbocycles. The number of nitrogens with zero attached hydrogens (tertiary/aromatic N) is 3. The van der Waals surface area contributed by atoms with Gasteiger partial charge in [-0.1, -0.05) is 29.8 Å². The largest absolute Gasteiger partial charge is 0.316 e. The fourth-order valence-corrected chi connectivity index (χ4v) is 3.55. The van der Waals surface area contributed by atoms with Gasteiger partial charge < -0.3 is 4.57 Å². The van der Waals surface area contributed by atoms with Gasteiger partial charge in [0.15, 0.2) is 0 Å². The van der Waals surface area contributed by atoms with Crippen molar-refractivity contribution in [3.05, 3.63) is 90.1 Å². The topological polar surface area (TPSA) is 30.7 Å². The molecule has 0 amide bonds. The third kappa shape index (κ3) is 2.66. The van der Waals surface area contributed by atoms with Crippen LogP contribution in [0.4, 0.5) is 4.39 Å². The van der Waals surface area contributed by atoms with Gasteiger partial charge in [0, 0.05) is 39.9 Å². The molecule has 0 N–H and O–H groups in total. The smallest absolute Gasteiger partial charge is 0.132 e. The minimum atomic E-state index is -0.352. The Balaban J connectivity index is 1.85. The Morgan fingerprint density at radius 1 is 0.963 bits per heavy atom. The average molecular weight is 374 g/mol. The summed E-state index contributed by atoms with van der Waals surface area (Å²) in [5.41, 5.74) is 3.67. The van der Waals surface area contributed by atoms with Crippen LogP contribution in [0, 0.1) is 5.82 Å². The number of hydrogen-bond acceptors (Lipinski definition) is 2. The predicted octanol–water partition coefficient (Wildman–Crippen LogP) is 6.03. The van der Waals surface area contributed by atoms with Crippen LogP contribution in [0.1, 0.15) is 0 Å². The first-order valence-electron chi connectivity index (χ1n) is 8.47. The standard InChI is InChI=1S/C22H13ClFN3/c23-15-5-6-18(24)17(11-15)20-12-22(16-3-1-2-4-19(16)26-20)27-10-8-14-13-25-9-7-21(14)27/h1-13H. The van der Waals surface area contributed by atoms with E-state index in [1.165, 1.54) is 12.1 Å². The van der Waals surface area contributed by atoms with Gasteiger partial charge in [-0.05, 0) is 42.5 Å². The Labute approximate surface area is 159 Å². The van der Waals surface area contributed by atoms with Crippen molar-refractivity contribution in [1.82, 2.24) is 14.5 Å². The van der Waals surface area contributed by atoms with Crippen LogP contribution in [-0.2, 0) is 0 Å². The number of aromatic nitrogens is 3. The minimum Gasteiger partial charge on any atom is -0.316 e. The number of benzene rings is 2. The van der Waals surface area contributed by atoms with Crippen LogP contribution >= 0.6 is 11.6 Å². The number of hydrogen-bond donors (Lipinski definition) is 0. The lowest BCUT2D eigenvalue weighted by Crippen LogP contribution is -1.98. The first kappa shape index (κ1) is 16.0. The highest BCUT2D eigenvalue weighted by atomic mass is 35.5. The maximum atomic E-state index is 14.5. The van der Waals surface area contributed by atoms with Crippen LogP contribution in [0.25, 0.3) is 38.8 Å². The van der Waals surface area contributed by atoms with Crippen molar-refractivity contribution < 1.29 is 4.39 Å². The number of para-hydroxylation sites is 1. The molecule has 0 aliphatic rings. The predicted molar refractivity (Wildman–Crippen MR) is 107 cm³/mol. The molecular weight excluding hydrogens is 361 g/mol. The molecule has 5 rings (SSSR count). The molecular formula is C22H13ClFN3. The summed E-state index contributed by atoms with van der Waals surface area (Å²) in [6, 6.07) is 18.2. The fourth-order valence-electron chi connectivity index (χ4n) is 3.38. The van der Waals surface area contributed by atoms with E-state index >= 15 is 0 Å². The maximum absolute atomic E-state index is 14.5. The Kier molecular flexibility index (Phi) is 3.66. The lowest BCUT2D eigenvalue weighted by Gasteiger charge is -2.13. The van der Waals surface area contributed by atoms with Crippen molar-refractivity contribution in [2.45, 2.75) is 0 Å². The minimum absolute atomic E-state index is 0.352. The Hall–Kier alpha value is -3.24. The van der Waals surface area contributed by atoms with E-state index in [2.05, 4.69) is 14.5 Å². The zero-order valence-corrected chi connectivity index (χ0v) is 14.9. The molecule has 3 nitrogen and oxygen atoms in total. The summed E-state index contributed by atoms with van der Waals surface area (Å²) in [5, 5.41) is 2.49. The molecule has 2 aromatic carbocycles. The first-order valence-corrected chi connectivity index (χ1v) is 8.85. The van der Waals surface area contributed by atoms with Crippen LogP contribution in [0.3, 0.4) is 0 Å². The molecule has 5 aromatic rings. The van der Waals surface area contributed by atoms with Gasteiger partial charge in [-0.3, -0.25) is 4.98 Å². The maximum Gasteiger partial charge on any atom is 0.132 e. The van der Waals surface area contributed by atoms with Crippen LogP contribution in [0.2, 0.25) is 5.02 Å². The van der Waals surface area contributed by atoms with E-state index in [0.29, 0.717) is 16.3 Å². The number of fused-ring (bicyclic) bond motifs is 2. The Bertz CT molecular complexity index is 1310. The van der Waals surface area contributed by atoms with E-state index in [0.717, 1.165) is 27.5 Å². The van der Waals surface area contributed by atoms with Crippen molar-refractivity contribution >= 4 is 33.4 Å². The molecule has 0 bridgehead atoms. The van der Waals surface area contributed by atoms with Gasteiger partial charge in [0.05, 0.1) is 22.4 Å². The third-order valence-electron chi connectivity index (χ3n) is 4.65. The van der Waals surface area contributed by atoms with Crippen LogP contribution in [0.5, 0.6) is 0 Å². The lowest BCUT2D eigenvalue weighted by molar-refractivity contribution is 0.631. The molecule has 5 heteroatoms. The fraction of sp³-hybridized carbons (Fsp3) is 0. The molecule has 0 fully saturated rings. The molecule has 0 saturated heterocycles. The molecule has 0 aliphatic heterocycles. The normalized spacial score (nSPS) is 11.3. The Morgan fingerprint density at radius 3 is 2.78 bits per heavy atom. The van der Waals surface area contributed by atoms with Crippen LogP contribution in [-0.4, -0.2) is 14.5 Å². The summed E-state index contributed by atoms with van der Waals surface area (Å²) in [6.45, 7) is 0. The molecule has 0 radical (unpaired) electrons. The molecule has 3 aromatic heterocycles. The highest BCUT2D eigenvalue weighted by Crippen LogP contribution is 2.32. The highest BCUT2D eigenvalue weighted by molar-refractivity contribution is 6.30. The van der Waals surface area contributed by atoms with E-state index in [9.17, 15) is 4.39 Å². The summed E-state index contributed by atoms with van der Waals surface area (Å²) in [7, 11) is 0. The zero-order valence-electron chi connectivity index (χ0n) is 14.1. The summed E-state index contributed by atoms with van der Waals surface area (Å²) < 4.78 is 16.5. The van der Waals surface area contributed by atoms with Crippen molar-refractivity contribution in [1.29, 1.82) is 0 Å². The number of pyridine rings is 2. The molecule has 0 atom stereocenters. The van der Waals surface area contributed by atoms with Gasteiger partial charge in [0.2, 0.25) is 0 Å².